The molecule has 1 fully saturated rings. The van der Waals surface area contributed by atoms with Crippen LogP contribution in [0.2, 0.25) is 0 Å². The Morgan fingerprint density at radius 3 is 2.70 bits per heavy atom. The van der Waals surface area contributed by atoms with Crippen molar-refractivity contribution in [3.8, 4) is 0 Å². The van der Waals surface area contributed by atoms with Gasteiger partial charge in [-0.3, -0.25) is 14.9 Å². The molecule has 6 nitrogen and oxygen atoms in total. The number of amides is 2. The van der Waals surface area contributed by atoms with E-state index in [1.54, 1.807) is 17.0 Å². The van der Waals surface area contributed by atoms with Crippen LogP contribution in [0.15, 0.2) is 54.6 Å². The summed E-state index contributed by atoms with van der Waals surface area (Å²) in [5.41, 5.74) is 1.84. The van der Waals surface area contributed by atoms with Crippen molar-refractivity contribution >= 4 is 45.7 Å². The van der Waals surface area contributed by atoms with Crippen LogP contribution in [0.1, 0.15) is 22.9 Å². The summed E-state index contributed by atoms with van der Waals surface area (Å²) in [5, 5.41) is 12.1. The lowest BCUT2D eigenvalue weighted by Crippen LogP contribution is -2.24. The maximum absolute atomic E-state index is 13.1. The van der Waals surface area contributed by atoms with E-state index in [9.17, 15) is 14.0 Å². The number of hydrogen-bond donors (Lipinski definition) is 1. The fourth-order valence-electron chi connectivity index (χ4n) is 3.18. The predicted molar refractivity (Wildman–Crippen MR) is 117 cm³/mol. The molecular formula is C21H19FN4O2S2. The van der Waals surface area contributed by atoms with E-state index in [1.165, 1.54) is 40.8 Å². The topological polar surface area (TPSA) is 75.2 Å². The molecule has 1 saturated heterocycles. The average Bonchev–Trinajstić information content (AvgIpc) is 3.36. The van der Waals surface area contributed by atoms with Gasteiger partial charge in [0, 0.05) is 30.3 Å². The summed E-state index contributed by atoms with van der Waals surface area (Å²) >= 11 is 2.82. The zero-order valence-corrected chi connectivity index (χ0v) is 17.6. The van der Waals surface area contributed by atoms with Crippen LogP contribution in [-0.4, -0.2) is 34.3 Å². The third kappa shape index (κ3) is 5.03. The molecule has 2 amide bonds. The van der Waals surface area contributed by atoms with E-state index in [0.717, 1.165) is 5.75 Å². The van der Waals surface area contributed by atoms with E-state index in [-0.39, 0.29) is 23.5 Å². The van der Waals surface area contributed by atoms with Crippen LogP contribution in [-0.2, 0) is 15.3 Å². The Balaban J connectivity index is 1.30. The first kappa shape index (κ1) is 20.5. The maximum atomic E-state index is 13.1. The zero-order chi connectivity index (χ0) is 20.9. The van der Waals surface area contributed by atoms with Crippen LogP contribution in [0, 0.1) is 5.82 Å². The minimum absolute atomic E-state index is 0.0373. The SMILES string of the molecule is O=C(CSCc1ccccc1)Nc1nnc(C2CC(=O)N(c3ccc(F)cc3)C2)s1. The van der Waals surface area contributed by atoms with Crippen LogP contribution in [0.4, 0.5) is 15.2 Å². The molecule has 0 radical (unpaired) electrons. The summed E-state index contributed by atoms with van der Waals surface area (Å²) in [6.45, 7) is 0.458. The normalized spacial score (nSPS) is 16.1. The molecule has 1 N–H and O–H groups in total. The summed E-state index contributed by atoms with van der Waals surface area (Å²) in [5.74, 6) is 0.480. The number of hydrogen-bond acceptors (Lipinski definition) is 6. The van der Waals surface area contributed by atoms with Crippen LogP contribution >= 0.6 is 23.1 Å². The number of nitrogens with one attached hydrogen (secondary N) is 1. The molecule has 9 heteroatoms. The van der Waals surface area contributed by atoms with E-state index in [2.05, 4.69) is 15.5 Å². The zero-order valence-electron chi connectivity index (χ0n) is 16.0. The molecule has 1 atom stereocenters. The van der Waals surface area contributed by atoms with Gasteiger partial charge in [-0.25, -0.2) is 4.39 Å². The van der Waals surface area contributed by atoms with Gasteiger partial charge in [-0.1, -0.05) is 41.7 Å². The van der Waals surface area contributed by atoms with E-state index in [4.69, 9.17) is 0 Å². The monoisotopic (exact) mass is 442 g/mol. The van der Waals surface area contributed by atoms with Gasteiger partial charge in [-0.2, -0.15) is 0 Å². The number of thioether (sulfide) groups is 1. The number of benzene rings is 2. The second-order valence-corrected chi connectivity index (χ2v) is 8.85. The van der Waals surface area contributed by atoms with Gasteiger partial charge in [0.05, 0.1) is 5.75 Å². The Bertz CT molecular complexity index is 1030. The highest BCUT2D eigenvalue weighted by atomic mass is 32.2. The average molecular weight is 443 g/mol. The van der Waals surface area contributed by atoms with Crippen molar-refractivity contribution in [2.24, 2.45) is 0 Å². The van der Waals surface area contributed by atoms with Crippen molar-refractivity contribution in [2.45, 2.75) is 18.1 Å². The lowest BCUT2D eigenvalue weighted by Gasteiger charge is -2.16. The maximum Gasteiger partial charge on any atom is 0.236 e. The van der Waals surface area contributed by atoms with Crippen molar-refractivity contribution in [3.63, 3.8) is 0 Å². The van der Waals surface area contributed by atoms with Gasteiger partial charge in [-0.15, -0.1) is 22.0 Å². The Morgan fingerprint density at radius 1 is 1.17 bits per heavy atom. The van der Waals surface area contributed by atoms with E-state index in [1.807, 2.05) is 30.3 Å². The molecule has 3 aromatic rings. The minimum Gasteiger partial charge on any atom is -0.312 e. The number of anilines is 2. The Hall–Kier alpha value is -2.78. The minimum atomic E-state index is -0.339. The molecule has 0 bridgehead atoms. The number of rotatable bonds is 7. The summed E-state index contributed by atoms with van der Waals surface area (Å²) in [7, 11) is 0. The van der Waals surface area contributed by atoms with Crippen LogP contribution in [0.25, 0.3) is 0 Å². The fourth-order valence-corrected chi connectivity index (χ4v) is 4.82. The summed E-state index contributed by atoms with van der Waals surface area (Å²) in [6, 6.07) is 15.8. The Kier molecular flexibility index (Phi) is 6.39. The van der Waals surface area contributed by atoms with Gasteiger partial charge in [0.15, 0.2) is 0 Å². The summed E-state index contributed by atoms with van der Waals surface area (Å²) in [4.78, 5) is 26.2. The first-order chi connectivity index (χ1) is 14.6. The van der Waals surface area contributed by atoms with Gasteiger partial charge in [-0.05, 0) is 29.8 Å². The number of carbonyl (C=O) groups excluding carboxylic acids is 2. The Labute approximate surface area is 181 Å². The van der Waals surface area contributed by atoms with Crippen molar-refractivity contribution < 1.29 is 14.0 Å². The number of carbonyl (C=O) groups is 2. The van der Waals surface area contributed by atoms with Gasteiger partial charge >= 0.3 is 0 Å². The molecule has 2 aromatic carbocycles. The van der Waals surface area contributed by atoms with E-state index < -0.39 is 0 Å². The number of nitrogens with zero attached hydrogens (tertiary/aromatic N) is 3. The third-order valence-electron chi connectivity index (χ3n) is 4.64. The van der Waals surface area contributed by atoms with Crippen molar-refractivity contribution in [3.05, 3.63) is 71.0 Å². The van der Waals surface area contributed by atoms with E-state index >= 15 is 0 Å². The van der Waals surface area contributed by atoms with Gasteiger partial charge in [0.25, 0.3) is 0 Å². The lowest BCUT2D eigenvalue weighted by molar-refractivity contribution is -0.117. The quantitative estimate of drug-likeness (QED) is 0.597. The molecule has 1 aromatic heterocycles. The van der Waals surface area contributed by atoms with Crippen molar-refractivity contribution in [1.29, 1.82) is 0 Å². The molecule has 1 unspecified atom stereocenters. The molecule has 0 aliphatic carbocycles. The molecule has 1 aliphatic rings. The van der Waals surface area contributed by atoms with Gasteiger partial charge < -0.3 is 4.90 Å². The summed E-state index contributed by atoms with van der Waals surface area (Å²) in [6.07, 6.45) is 0.312. The van der Waals surface area contributed by atoms with Crippen molar-refractivity contribution in [1.82, 2.24) is 10.2 Å². The standard InChI is InChI=1S/C21H19FN4O2S2/c22-16-6-8-17(9-7-16)26-11-15(10-19(26)28)20-24-25-21(30-20)23-18(27)13-29-12-14-4-2-1-3-5-14/h1-9,15H,10-13H2,(H,23,25,27). The van der Waals surface area contributed by atoms with Gasteiger partial charge in [0.2, 0.25) is 16.9 Å². The molecule has 0 saturated carbocycles. The number of aromatic nitrogens is 2. The Morgan fingerprint density at radius 2 is 1.93 bits per heavy atom. The second-order valence-electron chi connectivity index (χ2n) is 6.85. The molecule has 154 valence electrons. The smallest absolute Gasteiger partial charge is 0.236 e. The molecule has 1 aliphatic heterocycles. The molecule has 0 spiro atoms. The molecule has 2 heterocycles. The lowest BCUT2D eigenvalue weighted by atomic mass is 10.1. The predicted octanol–water partition coefficient (Wildman–Crippen LogP) is 4.07. The van der Waals surface area contributed by atoms with Crippen LogP contribution < -0.4 is 10.2 Å². The first-order valence-electron chi connectivity index (χ1n) is 9.39. The fraction of sp³-hybridized carbons (Fsp3) is 0.238. The summed E-state index contributed by atoms with van der Waals surface area (Å²) < 4.78 is 13.1. The molecule has 30 heavy (non-hydrogen) atoms. The van der Waals surface area contributed by atoms with Crippen molar-refractivity contribution in [2.75, 3.05) is 22.5 Å². The number of halogens is 1. The highest BCUT2D eigenvalue weighted by Crippen LogP contribution is 2.34. The molecule has 4 rings (SSSR count). The molecular weight excluding hydrogens is 423 g/mol. The first-order valence-corrected chi connectivity index (χ1v) is 11.4. The van der Waals surface area contributed by atoms with Gasteiger partial charge in [0.1, 0.15) is 10.8 Å². The highest BCUT2D eigenvalue weighted by molar-refractivity contribution is 7.99. The largest absolute Gasteiger partial charge is 0.312 e. The second kappa shape index (κ2) is 9.36. The highest BCUT2D eigenvalue weighted by Gasteiger charge is 2.34. The van der Waals surface area contributed by atoms with E-state index in [0.29, 0.717) is 34.5 Å². The van der Waals surface area contributed by atoms with Crippen LogP contribution in [0.3, 0.4) is 0 Å². The third-order valence-corrected chi connectivity index (χ3v) is 6.65. The van der Waals surface area contributed by atoms with Crippen LogP contribution in [0.5, 0.6) is 0 Å².